The van der Waals surface area contributed by atoms with Gasteiger partial charge in [0.05, 0.1) is 31.6 Å². The van der Waals surface area contributed by atoms with E-state index in [0.29, 0.717) is 28.7 Å². The van der Waals surface area contributed by atoms with E-state index >= 15 is 4.39 Å². The van der Waals surface area contributed by atoms with Gasteiger partial charge < -0.3 is 19.8 Å². The van der Waals surface area contributed by atoms with Gasteiger partial charge in [-0.1, -0.05) is 36.0 Å². The van der Waals surface area contributed by atoms with Gasteiger partial charge in [-0.15, -0.1) is 0 Å². The molecular weight excluding hydrogens is 523 g/mol. The molecule has 0 radical (unpaired) electrons. The van der Waals surface area contributed by atoms with Crippen LogP contribution in [0.3, 0.4) is 0 Å². The molecule has 0 saturated carbocycles. The zero-order valence-corrected chi connectivity index (χ0v) is 22.7. The van der Waals surface area contributed by atoms with Crippen molar-refractivity contribution in [3.63, 3.8) is 0 Å². The number of anilines is 1. The maximum Gasteiger partial charge on any atom is 0.414 e. The number of amides is 2. The zero-order valence-electron chi connectivity index (χ0n) is 21.9. The minimum atomic E-state index is -0.564. The lowest BCUT2D eigenvalue weighted by atomic mass is 10.0. The van der Waals surface area contributed by atoms with Crippen molar-refractivity contribution in [3.05, 3.63) is 65.7 Å². The van der Waals surface area contributed by atoms with Gasteiger partial charge in [0.15, 0.2) is 5.16 Å². The Hall–Kier alpha value is -3.86. The number of carbonyl (C=O) groups is 3. The second kappa shape index (κ2) is 13.3. The highest BCUT2D eigenvalue weighted by atomic mass is 32.2. The highest BCUT2D eigenvalue weighted by molar-refractivity contribution is 7.99. The summed E-state index contributed by atoms with van der Waals surface area (Å²) in [5.41, 5.74) is 3.13. The van der Waals surface area contributed by atoms with Crippen LogP contribution in [0.25, 0.3) is 11.1 Å². The standard InChI is InChI=1S/C28H31FN4O5S/c1-3-37-26(35)25-16-31-27(32-25)39-13-5-4-6-19-7-9-20(10-8-19)23-12-11-21(14-24(23)29)33-17-22(38-28(33)36)15-30-18(2)34/h7-12,14,16,22H,3-6,13,15,17H2,1-2H3,(H,30,34)(H,31,32)/t22-/m0/s1. The van der Waals surface area contributed by atoms with Gasteiger partial charge in [-0.05, 0) is 55.5 Å². The average molecular weight is 555 g/mol. The van der Waals surface area contributed by atoms with Crippen molar-refractivity contribution < 1.29 is 28.2 Å². The third-order valence-electron chi connectivity index (χ3n) is 6.13. The molecule has 1 aliphatic heterocycles. The molecule has 11 heteroatoms. The molecule has 2 aromatic carbocycles. The number of halogens is 1. The molecule has 2 heterocycles. The van der Waals surface area contributed by atoms with Crippen LogP contribution >= 0.6 is 11.8 Å². The fourth-order valence-electron chi connectivity index (χ4n) is 4.14. The Morgan fingerprint density at radius 2 is 2.03 bits per heavy atom. The molecule has 1 saturated heterocycles. The number of imidazole rings is 1. The molecule has 3 aromatic rings. The third kappa shape index (κ3) is 7.60. The number of hydrogen-bond acceptors (Lipinski definition) is 7. The van der Waals surface area contributed by atoms with Crippen LogP contribution in [0.2, 0.25) is 0 Å². The van der Waals surface area contributed by atoms with Gasteiger partial charge in [-0.3, -0.25) is 9.69 Å². The number of unbranched alkanes of at least 4 members (excludes halogenated alkanes) is 1. The molecular formula is C28H31FN4O5S. The quantitative estimate of drug-likeness (QED) is 0.185. The van der Waals surface area contributed by atoms with Crippen molar-refractivity contribution in [3.8, 4) is 11.1 Å². The predicted octanol–water partition coefficient (Wildman–Crippen LogP) is 4.97. The van der Waals surface area contributed by atoms with E-state index in [9.17, 15) is 14.4 Å². The first-order chi connectivity index (χ1) is 18.8. The average Bonchev–Trinajstić information content (AvgIpc) is 3.54. The first-order valence-electron chi connectivity index (χ1n) is 12.8. The first kappa shape index (κ1) is 28.2. The third-order valence-corrected chi connectivity index (χ3v) is 7.10. The molecule has 0 bridgehead atoms. The van der Waals surface area contributed by atoms with Crippen molar-refractivity contribution in [2.24, 2.45) is 0 Å². The molecule has 1 atom stereocenters. The summed E-state index contributed by atoms with van der Waals surface area (Å²) >= 11 is 1.56. The number of thioether (sulfide) groups is 1. The number of rotatable bonds is 12. The number of ether oxygens (including phenoxy) is 2. The second-order valence-corrected chi connectivity index (χ2v) is 10.1. The summed E-state index contributed by atoms with van der Waals surface area (Å²) in [5, 5.41) is 3.32. The van der Waals surface area contributed by atoms with Crippen LogP contribution in [0.5, 0.6) is 0 Å². The van der Waals surface area contributed by atoms with Gasteiger partial charge in [-0.25, -0.2) is 19.0 Å². The summed E-state index contributed by atoms with van der Waals surface area (Å²) in [6.45, 7) is 3.93. The van der Waals surface area contributed by atoms with E-state index in [-0.39, 0.29) is 19.0 Å². The number of aromatic nitrogens is 2. The monoisotopic (exact) mass is 554 g/mol. The van der Waals surface area contributed by atoms with Crippen LogP contribution in [0.1, 0.15) is 42.7 Å². The minimum absolute atomic E-state index is 0.206. The highest BCUT2D eigenvalue weighted by Gasteiger charge is 2.32. The number of nitrogens with one attached hydrogen (secondary N) is 2. The number of benzene rings is 2. The first-order valence-corrected chi connectivity index (χ1v) is 13.8. The maximum atomic E-state index is 15.0. The lowest BCUT2D eigenvalue weighted by Gasteiger charge is -2.14. The topological polar surface area (TPSA) is 114 Å². The van der Waals surface area contributed by atoms with E-state index in [2.05, 4.69) is 15.3 Å². The Labute approximate surface area is 230 Å². The maximum absolute atomic E-state index is 15.0. The molecule has 9 nitrogen and oxygen atoms in total. The Balaban J connectivity index is 1.25. The molecule has 1 aliphatic rings. The van der Waals surface area contributed by atoms with E-state index in [0.717, 1.165) is 36.1 Å². The zero-order chi connectivity index (χ0) is 27.8. The summed E-state index contributed by atoms with van der Waals surface area (Å²) in [6, 6.07) is 12.5. The largest absolute Gasteiger partial charge is 0.461 e. The van der Waals surface area contributed by atoms with Gasteiger partial charge in [0.25, 0.3) is 0 Å². The lowest BCUT2D eigenvalue weighted by molar-refractivity contribution is -0.119. The molecule has 0 aliphatic carbocycles. The van der Waals surface area contributed by atoms with Crippen LogP contribution in [-0.4, -0.2) is 59.5 Å². The van der Waals surface area contributed by atoms with Crippen LogP contribution < -0.4 is 10.2 Å². The molecule has 1 fully saturated rings. The molecule has 39 heavy (non-hydrogen) atoms. The van der Waals surface area contributed by atoms with Gasteiger partial charge in [0, 0.05) is 18.2 Å². The van der Waals surface area contributed by atoms with E-state index in [4.69, 9.17) is 9.47 Å². The summed E-state index contributed by atoms with van der Waals surface area (Å²) < 4.78 is 25.2. The highest BCUT2D eigenvalue weighted by Crippen LogP contribution is 2.29. The number of H-pyrrole nitrogens is 1. The number of hydrogen-bond donors (Lipinski definition) is 2. The lowest BCUT2D eigenvalue weighted by Crippen LogP contribution is -2.33. The van der Waals surface area contributed by atoms with Crippen molar-refractivity contribution in [1.82, 2.24) is 15.3 Å². The Bertz CT molecular complexity index is 1310. The van der Waals surface area contributed by atoms with Crippen LogP contribution in [0, 0.1) is 5.82 Å². The SMILES string of the molecule is CCOC(=O)c1cnc(SCCCCc2ccc(-c3ccc(N4C[C@H](CNC(C)=O)OC4=O)cc3F)cc2)[nH]1. The summed E-state index contributed by atoms with van der Waals surface area (Å²) in [6.07, 6.45) is 3.30. The molecule has 4 rings (SSSR count). The normalized spacial score (nSPS) is 14.8. The summed E-state index contributed by atoms with van der Waals surface area (Å²) in [4.78, 5) is 43.6. The predicted molar refractivity (Wildman–Crippen MR) is 146 cm³/mol. The molecule has 0 unspecified atom stereocenters. The number of esters is 1. The van der Waals surface area contributed by atoms with Crippen molar-refractivity contribution in [2.45, 2.75) is 44.4 Å². The van der Waals surface area contributed by atoms with Crippen molar-refractivity contribution >= 4 is 35.4 Å². The molecule has 1 aromatic heterocycles. The van der Waals surface area contributed by atoms with Crippen molar-refractivity contribution in [2.75, 3.05) is 30.3 Å². The van der Waals surface area contributed by atoms with E-state index < -0.39 is 24.0 Å². The van der Waals surface area contributed by atoms with E-state index in [1.807, 2.05) is 24.3 Å². The minimum Gasteiger partial charge on any atom is -0.461 e. The second-order valence-electron chi connectivity index (χ2n) is 9.04. The number of aryl methyl sites for hydroxylation is 1. The number of cyclic esters (lactones) is 1. The number of aromatic amines is 1. The fraction of sp³-hybridized carbons (Fsp3) is 0.357. The molecule has 2 amide bonds. The molecule has 2 N–H and O–H groups in total. The summed E-state index contributed by atoms with van der Waals surface area (Å²) in [5.74, 6) is -0.175. The van der Waals surface area contributed by atoms with Crippen LogP contribution in [0.4, 0.5) is 14.9 Å². The summed E-state index contributed by atoms with van der Waals surface area (Å²) in [7, 11) is 0. The van der Waals surface area contributed by atoms with Crippen LogP contribution in [0.15, 0.2) is 53.8 Å². The van der Waals surface area contributed by atoms with Crippen molar-refractivity contribution in [1.29, 1.82) is 0 Å². The van der Waals surface area contributed by atoms with E-state index in [1.54, 1.807) is 30.8 Å². The number of carbonyl (C=O) groups excluding carboxylic acids is 3. The van der Waals surface area contributed by atoms with Gasteiger partial charge in [-0.2, -0.15) is 0 Å². The molecule has 206 valence electrons. The van der Waals surface area contributed by atoms with Gasteiger partial charge in [0.1, 0.15) is 17.6 Å². The molecule has 0 spiro atoms. The smallest absolute Gasteiger partial charge is 0.414 e. The fourth-order valence-corrected chi connectivity index (χ4v) is 4.99. The Morgan fingerprint density at radius 1 is 1.23 bits per heavy atom. The van der Waals surface area contributed by atoms with E-state index in [1.165, 1.54) is 24.1 Å². The number of nitrogens with zero attached hydrogens (tertiary/aromatic N) is 2. The van der Waals surface area contributed by atoms with Crippen LogP contribution in [-0.2, 0) is 20.7 Å². The Kier molecular flexibility index (Phi) is 9.59. The van der Waals surface area contributed by atoms with Gasteiger partial charge in [0.2, 0.25) is 5.91 Å². The van der Waals surface area contributed by atoms with Gasteiger partial charge >= 0.3 is 12.1 Å². The Morgan fingerprint density at radius 3 is 2.74 bits per heavy atom.